The minimum Gasteiger partial charge on any atom is -0.336 e. The van der Waals surface area contributed by atoms with Gasteiger partial charge in [-0.05, 0) is 24.6 Å². The molecular weight excluding hydrogens is 405 g/mol. The summed E-state index contributed by atoms with van der Waals surface area (Å²) < 4.78 is 41.3. The van der Waals surface area contributed by atoms with Crippen molar-refractivity contribution in [1.29, 1.82) is 0 Å². The Hall–Kier alpha value is -2.71. The van der Waals surface area contributed by atoms with Crippen LogP contribution in [0.15, 0.2) is 54.6 Å². The smallest absolute Gasteiger partial charge is 0.270 e. The molecule has 1 amide bonds. The third kappa shape index (κ3) is 4.11. The quantitative estimate of drug-likeness (QED) is 0.641. The highest BCUT2D eigenvalue weighted by atomic mass is 32.2. The molecule has 0 spiro atoms. The van der Waals surface area contributed by atoms with E-state index in [0.29, 0.717) is 37.3 Å². The maximum absolute atomic E-state index is 14.3. The third-order valence-electron chi connectivity index (χ3n) is 5.53. The van der Waals surface area contributed by atoms with Crippen LogP contribution in [-0.2, 0) is 16.6 Å². The minimum atomic E-state index is -3.29. The lowest BCUT2D eigenvalue weighted by Gasteiger charge is -2.22. The molecular formula is C22H24FN3O3S. The molecule has 0 aliphatic carbocycles. The fourth-order valence-corrected chi connectivity index (χ4v) is 4.82. The largest absolute Gasteiger partial charge is 0.336 e. The van der Waals surface area contributed by atoms with Crippen molar-refractivity contribution in [3.05, 3.63) is 71.7 Å². The van der Waals surface area contributed by atoms with E-state index in [2.05, 4.69) is 0 Å². The predicted octanol–water partition coefficient (Wildman–Crippen LogP) is 2.94. The zero-order valence-electron chi connectivity index (χ0n) is 16.8. The number of benzene rings is 2. The van der Waals surface area contributed by atoms with Crippen LogP contribution >= 0.6 is 0 Å². The second-order valence-electron chi connectivity index (χ2n) is 7.57. The number of carbonyl (C=O) groups excluding carboxylic acids is 1. The van der Waals surface area contributed by atoms with Crippen molar-refractivity contribution >= 4 is 26.8 Å². The number of sulfonamides is 1. The molecule has 1 aromatic heterocycles. The second kappa shape index (κ2) is 8.20. The second-order valence-corrected chi connectivity index (χ2v) is 9.56. The Bertz CT molecular complexity index is 1190. The minimum absolute atomic E-state index is 0.169. The van der Waals surface area contributed by atoms with E-state index in [1.807, 2.05) is 34.9 Å². The fraction of sp³-hybridized carbons (Fsp3) is 0.318. The molecule has 0 N–H and O–H groups in total. The number of rotatable bonds is 4. The first kappa shape index (κ1) is 20.6. The molecule has 0 radical (unpaired) electrons. The summed E-state index contributed by atoms with van der Waals surface area (Å²) in [4.78, 5) is 15.1. The van der Waals surface area contributed by atoms with Crippen molar-refractivity contribution < 1.29 is 17.6 Å². The molecule has 1 fully saturated rings. The van der Waals surface area contributed by atoms with Gasteiger partial charge in [0.1, 0.15) is 11.5 Å². The van der Waals surface area contributed by atoms with E-state index < -0.39 is 10.0 Å². The number of hydrogen-bond donors (Lipinski definition) is 0. The van der Waals surface area contributed by atoms with Crippen molar-refractivity contribution in [1.82, 2.24) is 13.8 Å². The average Bonchev–Trinajstić information content (AvgIpc) is 2.89. The van der Waals surface area contributed by atoms with E-state index in [1.54, 1.807) is 23.1 Å². The topological polar surface area (TPSA) is 62.6 Å². The van der Waals surface area contributed by atoms with Crippen LogP contribution in [0.25, 0.3) is 10.9 Å². The van der Waals surface area contributed by atoms with Crippen LogP contribution in [0.3, 0.4) is 0 Å². The van der Waals surface area contributed by atoms with E-state index in [-0.39, 0.29) is 24.8 Å². The third-order valence-corrected chi connectivity index (χ3v) is 6.83. The number of nitrogens with zero attached hydrogens (tertiary/aromatic N) is 3. The molecule has 6 nitrogen and oxygen atoms in total. The van der Waals surface area contributed by atoms with Gasteiger partial charge in [-0.1, -0.05) is 36.4 Å². The fourth-order valence-electron chi connectivity index (χ4n) is 3.95. The number of para-hydroxylation sites is 1. The number of carbonyl (C=O) groups is 1. The van der Waals surface area contributed by atoms with Crippen molar-refractivity contribution in [2.75, 3.05) is 32.4 Å². The Morgan fingerprint density at radius 2 is 1.73 bits per heavy atom. The zero-order valence-corrected chi connectivity index (χ0v) is 17.6. The van der Waals surface area contributed by atoms with Crippen LogP contribution < -0.4 is 0 Å². The molecule has 1 saturated heterocycles. The van der Waals surface area contributed by atoms with Gasteiger partial charge in [0, 0.05) is 42.6 Å². The van der Waals surface area contributed by atoms with Gasteiger partial charge in [0.2, 0.25) is 10.0 Å². The lowest BCUT2D eigenvalue weighted by Crippen LogP contribution is -2.37. The summed E-state index contributed by atoms with van der Waals surface area (Å²) in [6.45, 7) is 1.72. The first-order valence-corrected chi connectivity index (χ1v) is 11.8. The van der Waals surface area contributed by atoms with Gasteiger partial charge in [0.25, 0.3) is 5.91 Å². The molecule has 158 valence electrons. The van der Waals surface area contributed by atoms with Crippen LogP contribution in [0.5, 0.6) is 0 Å². The van der Waals surface area contributed by atoms with E-state index in [4.69, 9.17) is 0 Å². The number of hydrogen-bond acceptors (Lipinski definition) is 3. The number of amides is 1. The summed E-state index contributed by atoms with van der Waals surface area (Å²) in [5.74, 6) is -0.481. The summed E-state index contributed by atoms with van der Waals surface area (Å²) in [5.41, 5.74) is 1.84. The normalized spacial score (nSPS) is 16.0. The molecule has 30 heavy (non-hydrogen) atoms. The van der Waals surface area contributed by atoms with Crippen LogP contribution in [-0.4, -0.2) is 60.5 Å². The van der Waals surface area contributed by atoms with Crippen LogP contribution in [0, 0.1) is 5.82 Å². The molecule has 0 unspecified atom stereocenters. The highest BCUT2D eigenvalue weighted by Crippen LogP contribution is 2.24. The standard InChI is InChI=1S/C22H24FN3O3S/c1-30(28,29)25-12-6-11-24(13-14-25)22(27)21-15-17-7-3-5-10-20(17)26(21)16-18-8-2-4-9-19(18)23/h2-5,7-10,15H,6,11-14,16H2,1H3. The molecule has 0 atom stereocenters. The lowest BCUT2D eigenvalue weighted by atomic mass is 10.2. The molecule has 2 heterocycles. The Kier molecular flexibility index (Phi) is 5.62. The molecule has 1 aliphatic heterocycles. The van der Waals surface area contributed by atoms with Crippen molar-refractivity contribution in [2.45, 2.75) is 13.0 Å². The number of fused-ring (bicyclic) bond motifs is 1. The first-order valence-electron chi connectivity index (χ1n) is 9.90. The maximum atomic E-state index is 14.3. The predicted molar refractivity (Wildman–Crippen MR) is 114 cm³/mol. The van der Waals surface area contributed by atoms with Gasteiger partial charge in [0.15, 0.2) is 0 Å². The van der Waals surface area contributed by atoms with Crippen LogP contribution in [0.1, 0.15) is 22.5 Å². The van der Waals surface area contributed by atoms with E-state index in [9.17, 15) is 17.6 Å². The molecule has 2 aromatic carbocycles. The zero-order chi connectivity index (χ0) is 21.3. The first-order chi connectivity index (χ1) is 14.3. The van der Waals surface area contributed by atoms with Gasteiger partial charge in [-0.25, -0.2) is 17.1 Å². The summed E-state index contributed by atoms with van der Waals surface area (Å²) in [6, 6.07) is 16.0. The Labute approximate surface area is 175 Å². The van der Waals surface area contributed by atoms with E-state index >= 15 is 0 Å². The summed E-state index contributed by atoms with van der Waals surface area (Å²) in [5, 5.41) is 0.907. The molecule has 1 aliphatic rings. The highest BCUT2D eigenvalue weighted by molar-refractivity contribution is 7.88. The maximum Gasteiger partial charge on any atom is 0.270 e. The highest BCUT2D eigenvalue weighted by Gasteiger charge is 2.26. The summed E-state index contributed by atoms with van der Waals surface area (Å²) in [6.07, 6.45) is 1.77. The molecule has 3 aromatic rings. The van der Waals surface area contributed by atoms with Crippen LogP contribution in [0.2, 0.25) is 0 Å². The summed E-state index contributed by atoms with van der Waals surface area (Å²) >= 11 is 0. The van der Waals surface area contributed by atoms with E-state index in [0.717, 1.165) is 10.9 Å². The van der Waals surface area contributed by atoms with Crippen molar-refractivity contribution in [2.24, 2.45) is 0 Å². The number of aromatic nitrogens is 1. The van der Waals surface area contributed by atoms with Crippen molar-refractivity contribution in [3.8, 4) is 0 Å². The Balaban J connectivity index is 1.68. The van der Waals surface area contributed by atoms with Gasteiger partial charge >= 0.3 is 0 Å². The molecule has 8 heteroatoms. The molecule has 0 saturated carbocycles. The van der Waals surface area contributed by atoms with Crippen molar-refractivity contribution in [3.63, 3.8) is 0 Å². The van der Waals surface area contributed by atoms with Gasteiger partial charge in [-0.15, -0.1) is 0 Å². The van der Waals surface area contributed by atoms with Crippen LogP contribution in [0.4, 0.5) is 4.39 Å². The van der Waals surface area contributed by atoms with E-state index in [1.165, 1.54) is 16.6 Å². The number of halogens is 1. The monoisotopic (exact) mass is 429 g/mol. The molecule has 4 rings (SSSR count). The van der Waals surface area contributed by atoms with Gasteiger partial charge in [-0.2, -0.15) is 0 Å². The summed E-state index contributed by atoms with van der Waals surface area (Å²) in [7, 11) is -3.29. The van der Waals surface area contributed by atoms with Gasteiger partial charge in [-0.3, -0.25) is 4.79 Å². The Morgan fingerprint density at radius 1 is 1.00 bits per heavy atom. The van der Waals surface area contributed by atoms with Gasteiger partial charge in [0.05, 0.1) is 12.8 Å². The van der Waals surface area contributed by atoms with Gasteiger partial charge < -0.3 is 9.47 Å². The lowest BCUT2D eigenvalue weighted by molar-refractivity contribution is 0.0754. The molecule has 0 bridgehead atoms. The average molecular weight is 430 g/mol. The Morgan fingerprint density at radius 3 is 2.50 bits per heavy atom. The SMILES string of the molecule is CS(=O)(=O)N1CCCN(C(=O)c2cc3ccccc3n2Cc2ccccc2F)CC1.